The van der Waals surface area contributed by atoms with Crippen LogP contribution >= 0.6 is 0 Å². The lowest BCUT2D eigenvalue weighted by molar-refractivity contribution is -0.116. The van der Waals surface area contributed by atoms with Gasteiger partial charge in [-0.3, -0.25) is 4.79 Å². The summed E-state index contributed by atoms with van der Waals surface area (Å²) >= 11 is 0. The molecule has 1 aliphatic carbocycles. The lowest BCUT2D eigenvalue weighted by Gasteiger charge is -2.33. The number of aliphatic hydroxyl groups excluding tert-OH is 1. The van der Waals surface area contributed by atoms with E-state index in [2.05, 4.69) is 5.32 Å². The Bertz CT molecular complexity index is 785. The first-order valence-corrected chi connectivity index (χ1v) is 7.95. The molecule has 1 aliphatic heterocycles. The minimum absolute atomic E-state index is 0.144. The van der Waals surface area contributed by atoms with Crippen LogP contribution in [0, 0.1) is 0 Å². The van der Waals surface area contributed by atoms with Gasteiger partial charge in [0.15, 0.2) is 0 Å². The van der Waals surface area contributed by atoms with Gasteiger partial charge in [-0.2, -0.15) is 0 Å². The number of amides is 1. The SMILES string of the molecule is O=C1NC2(CCCCC2)C(O)=C1c1ccc2ccccc2c1. The molecule has 0 aromatic heterocycles. The molecule has 3 heteroatoms. The van der Waals surface area contributed by atoms with Crippen molar-refractivity contribution in [3.63, 3.8) is 0 Å². The zero-order valence-corrected chi connectivity index (χ0v) is 12.4. The summed E-state index contributed by atoms with van der Waals surface area (Å²) in [5.41, 5.74) is 0.736. The van der Waals surface area contributed by atoms with Gasteiger partial charge in [0.2, 0.25) is 0 Å². The minimum Gasteiger partial charge on any atom is -0.509 e. The Balaban J connectivity index is 1.83. The Morgan fingerprint density at radius 2 is 1.68 bits per heavy atom. The molecule has 1 saturated carbocycles. The third-order valence-corrected chi connectivity index (χ3v) is 5.02. The van der Waals surface area contributed by atoms with Crippen LogP contribution in [0.2, 0.25) is 0 Å². The second-order valence-corrected chi connectivity index (χ2v) is 6.38. The average molecular weight is 293 g/mol. The van der Waals surface area contributed by atoms with Crippen molar-refractivity contribution in [3.05, 3.63) is 53.8 Å². The highest BCUT2D eigenvalue weighted by Crippen LogP contribution is 2.41. The van der Waals surface area contributed by atoms with Crippen LogP contribution in [0.3, 0.4) is 0 Å². The van der Waals surface area contributed by atoms with E-state index in [1.54, 1.807) is 0 Å². The Kier molecular flexibility index (Phi) is 2.96. The molecule has 1 amide bonds. The number of carbonyl (C=O) groups excluding carboxylic acids is 1. The Labute approximate surface area is 129 Å². The van der Waals surface area contributed by atoms with Crippen molar-refractivity contribution in [3.8, 4) is 0 Å². The van der Waals surface area contributed by atoms with Crippen molar-refractivity contribution < 1.29 is 9.90 Å². The summed E-state index contributed by atoms with van der Waals surface area (Å²) < 4.78 is 0. The van der Waals surface area contributed by atoms with E-state index in [1.165, 1.54) is 6.42 Å². The molecule has 1 fully saturated rings. The standard InChI is InChI=1S/C19H19NO2/c21-17-16(18(22)20-19(17)10-4-1-5-11-19)15-9-8-13-6-2-3-7-14(13)12-15/h2-3,6-9,12,21H,1,4-5,10-11H2,(H,20,22). The number of carbonyl (C=O) groups is 1. The number of hydrogen-bond acceptors (Lipinski definition) is 2. The highest BCUT2D eigenvalue weighted by Gasteiger charge is 2.46. The summed E-state index contributed by atoms with van der Waals surface area (Å²) in [6.07, 6.45) is 4.95. The molecule has 2 N–H and O–H groups in total. The van der Waals surface area contributed by atoms with Crippen LogP contribution in [0.25, 0.3) is 16.3 Å². The molecule has 112 valence electrons. The fourth-order valence-corrected chi connectivity index (χ4v) is 3.82. The molecule has 2 aliphatic rings. The third-order valence-electron chi connectivity index (χ3n) is 5.02. The van der Waals surface area contributed by atoms with Crippen molar-refractivity contribution in [2.75, 3.05) is 0 Å². The predicted molar refractivity (Wildman–Crippen MR) is 87.5 cm³/mol. The second-order valence-electron chi connectivity index (χ2n) is 6.38. The molecule has 0 radical (unpaired) electrons. The monoisotopic (exact) mass is 293 g/mol. The molecular formula is C19H19NO2. The van der Waals surface area contributed by atoms with E-state index in [9.17, 15) is 9.90 Å². The molecule has 22 heavy (non-hydrogen) atoms. The zero-order chi connectivity index (χ0) is 15.2. The Hall–Kier alpha value is -2.29. The highest BCUT2D eigenvalue weighted by molar-refractivity contribution is 6.23. The van der Waals surface area contributed by atoms with Crippen molar-refractivity contribution in [2.24, 2.45) is 0 Å². The van der Waals surface area contributed by atoms with E-state index in [0.29, 0.717) is 5.57 Å². The van der Waals surface area contributed by atoms with E-state index in [4.69, 9.17) is 0 Å². The van der Waals surface area contributed by atoms with Gasteiger partial charge in [0.1, 0.15) is 5.76 Å². The molecular weight excluding hydrogens is 274 g/mol. The summed E-state index contributed by atoms with van der Waals surface area (Å²) in [5, 5.41) is 16.0. The predicted octanol–water partition coefficient (Wildman–Crippen LogP) is 3.94. The quantitative estimate of drug-likeness (QED) is 0.836. The maximum atomic E-state index is 12.5. The number of rotatable bonds is 1. The van der Waals surface area contributed by atoms with E-state index in [-0.39, 0.29) is 11.7 Å². The van der Waals surface area contributed by atoms with Gasteiger partial charge in [-0.1, -0.05) is 55.7 Å². The first kappa shape index (κ1) is 13.4. The maximum absolute atomic E-state index is 12.5. The minimum atomic E-state index is -0.518. The second kappa shape index (κ2) is 4.87. The Morgan fingerprint density at radius 3 is 2.45 bits per heavy atom. The number of aliphatic hydroxyl groups is 1. The topological polar surface area (TPSA) is 49.3 Å². The van der Waals surface area contributed by atoms with Gasteiger partial charge in [-0.15, -0.1) is 0 Å². The number of nitrogens with one attached hydrogen (secondary N) is 1. The molecule has 4 rings (SSSR count). The molecule has 0 unspecified atom stereocenters. The molecule has 1 heterocycles. The van der Waals surface area contributed by atoms with E-state index >= 15 is 0 Å². The molecule has 0 bridgehead atoms. The van der Waals surface area contributed by atoms with Crippen LogP contribution in [-0.2, 0) is 4.79 Å². The first-order chi connectivity index (χ1) is 10.7. The van der Waals surface area contributed by atoms with Crippen LogP contribution in [0.5, 0.6) is 0 Å². The van der Waals surface area contributed by atoms with Crippen LogP contribution < -0.4 is 5.32 Å². The maximum Gasteiger partial charge on any atom is 0.256 e. The smallest absolute Gasteiger partial charge is 0.256 e. The van der Waals surface area contributed by atoms with Crippen LogP contribution in [0.15, 0.2) is 48.2 Å². The van der Waals surface area contributed by atoms with Gasteiger partial charge in [0, 0.05) is 0 Å². The molecule has 3 nitrogen and oxygen atoms in total. The molecule has 2 aromatic carbocycles. The summed E-state index contributed by atoms with van der Waals surface area (Å²) in [5.74, 6) is 0.0992. The van der Waals surface area contributed by atoms with Gasteiger partial charge in [-0.05, 0) is 35.2 Å². The molecule has 1 spiro atoms. The first-order valence-electron chi connectivity index (χ1n) is 7.95. The fourth-order valence-electron chi connectivity index (χ4n) is 3.82. The van der Waals surface area contributed by atoms with Crippen LogP contribution in [0.1, 0.15) is 37.7 Å². The third kappa shape index (κ3) is 1.92. The lowest BCUT2D eigenvalue weighted by atomic mass is 9.80. The summed E-state index contributed by atoms with van der Waals surface area (Å²) in [6, 6.07) is 14.0. The highest BCUT2D eigenvalue weighted by atomic mass is 16.3. The van der Waals surface area contributed by atoms with Gasteiger partial charge < -0.3 is 10.4 Å². The largest absolute Gasteiger partial charge is 0.509 e. The molecule has 2 aromatic rings. The van der Waals surface area contributed by atoms with E-state index in [0.717, 1.165) is 42.0 Å². The van der Waals surface area contributed by atoms with Crippen molar-refractivity contribution in [2.45, 2.75) is 37.6 Å². The molecule has 0 saturated heterocycles. The van der Waals surface area contributed by atoms with Gasteiger partial charge >= 0.3 is 0 Å². The molecule has 0 atom stereocenters. The van der Waals surface area contributed by atoms with Crippen molar-refractivity contribution >= 4 is 22.3 Å². The van der Waals surface area contributed by atoms with E-state index in [1.807, 2.05) is 42.5 Å². The lowest BCUT2D eigenvalue weighted by Crippen LogP contribution is -2.46. The summed E-state index contributed by atoms with van der Waals surface area (Å²) in [4.78, 5) is 12.5. The fraction of sp³-hybridized carbons (Fsp3) is 0.316. The number of hydrogen-bond donors (Lipinski definition) is 2. The normalized spacial score (nSPS) is 20.6. The van der Waals surface area contributed by atoms with Crippen LogP contribution in [0.4, 0.5) is 0 Å². The van der Waals surface area contributed by atoms with Gasteiger partial charge in [-0.25, -0.2) is 0 Å². The summed E-state index contributed by atoms with van der Waals surface area (Å²) in [6.45, 7) is 0. The van der Waals surface area contributed by atoms with Gasteiger partial charge in [0.25, 0.3) is 5.91 Å². The Morgan fingerprint density at radius 1 is 0.955 bits per heavy atom. The van der Waals surface area contributed by atoms with Crippen molar-refractivity contribution in [1.29, 1.82) is 0 Å². The summed E-state index contributed by atoms with van der Waals surface area (Å²) in [7, 11) is 0. The van der Waals surface area contributed by atoms with Crippen LogP contribution in [-0.4, -0.2) is 16.6 Å². The van der Waals surface area contributed by atoms with Gasteiger partial charge in [0.05, 0.1) is 11.1 Å². The number of fused-ring (bicyclic) bond motifs is 1. The number of benzene rings is 2. The zero-order valence-electron chi connectivity index (χ0n) is 12.4. The van der Waals surface area contributed by atoms with E-state index < -0.39 is 5.54 Å². The van der Waals surface area contributed by atoms with Crippen molar-refractivity contribution in [1.82, 2.24) is 5.32 Å². The average Bonchev–Trinajstić information content (AvgIpc) is 2.78.